The molecule has 1 N–H and O–H groups in total. The maximum absolute atomic E-state index is 13.9. The predicted molar refractivity (Wildman–Crippen MR) is 131 cm³/mol. The van der Waals surface area contributed by atoms with Crippen molar-refractivity contribution >= 4 is 46.0 Å². The summed E-state index contributed by atoms with van der Waals surface area (Å²) in [5.74, 6) is 0.331. The van der Waals surface area contributed by atoms with Gasteiger partial charge >= 0.3 is 0 Å². The van der Waals surface area contributed by atoms with Crippen molar-refractivity contribution in [2.45, 2.75) is 6.61 Å². The van der Waals surface area contributed by atoms with Crippen LogP contribution < -0.4 is 5.56 Å². The molecule has 0 amide bonds. The highest BCUT2D eigenvalue weighted by molar-refractivity contribution is 6.36. The van der Waals surface area contributed by atoms with Crippen molar-refractivity contribution in [1.82, 2.24) is 19.1 Å². The van der Waals surface area contributed by atoms with Crippen LogP contribution in [0.2, 0.25) is 15.1 Å². The number of benzene rings is 3. The third-order valence-corrected chi connectivity index (χ3v) is 6.03. The van der Waals surface area contributed by atoms with Crippen molar-refractivity contribution < 1.29 is 5.11 Å². The molecule has 0 aliphatic heterocycles. The second kappa shape index (κ2) is 8.65. The van der Waals surface area contributed by atoms with Crippen LogP contribution in [-0.4, -0.2) is 24.2 Å². The van der Waals surface area contributed by atoms with Gasteiger partial charge in [0, 0.05) is 21.3 Å². The minimum atomic E-state index is -0.327. The zero-order valence-electron chi connectivity index (χ0n) is 16.9. The Labute approximate surface area is 203 Å². The first kappa shape index (κ1) is 21.7. The highest BCUT2D eigenvalue weighted by atomic mass is 35.5. The van der Waals surface area contributed by atoms with Crippen LogP contribution in [0.5, 0.6) is 0 Å². The zero-order valence-corrected chi connectivity index (χ0v) is 19.2. The number of aromatic nitrogens is 4. The molecule has 0 atom stereocenters. The van der Waals surface area contributed by atoms with Gasteiger partial charge in [0.2, 0.25) is 0 Å². The molecule has 2 heterocycles. The van der Waals surface area contributed by atoms with Crippen molar-refractivity contribution in [3.05, 3.63) is 104 Å². The highest BCUT2D eigenvalue weighted by Crippen LogP contribution is 2.31. The highest BCUT2D eigenvalue weighted by Gasteiger charge is 2.20. The third kappa shape index (κ3) is 3.92. The normalized spacial score (nSPS) is 11.3. The van der Waals surface area contributed by atoms with Gasteiger partial charge in [0.15, 0.2) is 17.0 Å². The summed E-state index contributed by atoms with van der Waals surface area (Å²) >= 11 is 18.6. The van der Waals surface area contributed by atoms with Gasteiger partial charge in [0.05, 0.1) is 17.3 Å². The molecule has 3 aromatic carbocycles. The number of nitrogens with zero attached hydrogens (tertiary/aromatic N) is 4. The van der Waals surface area contributed by atoms with Crippen LogP contribution in [0.3, 0.4) is 0 Å². The van der Waals surface area contributed by atoms with Crippen LogP contribution in [-0.2, 0) is 6.61 Å². The van der Waals surface area contributed by atoms with E-state index in [2.05, 4.69) is 4.98 Å². The Balaban J connectivity index is 1.83. The maximum atomic E-state index is 13.9. The molecule has 0 fully saturated rings. The van der Waals surface area contributed by atoms with E-state index in [1.54, 1.807) is 65.5 Å². The molecule has 0 saturated heterocycles. The lowest BCUT2D eigenvalue weighted by atomic mass is 10.2. The van der Waals surface area contributed by atoms with E-state index >= 15 is 0 Å². The first-order chi connectivity index (χ1) is 16.0. The Morgan fingerprint density at radius 1 is 0.848 bits per heavy atom. The van der Waals surface area contributed by atoms with Crippen molar-refractivity contribution in [2.75, 3.05) is 0 Å². The maximum Gasteiger partial charge on any atom is 0.285 e. The summed E-state index contributed by atoms with van der Waals surface area (Å²) in [6.07, 6.45) is 1.55. The molecule has 0 aliphatic carbocycles. The molecule has 0 bridgehead atoms. The standard InChI is InChI=1S/C24H15Cl3N4O2/c25-15-3-8-18(9-4-15)31-23(19-10-5-16(26)11-20(19)27)29-22-21(24(31)33)30(13-28-22)17-6-1-14(12-32)2-7-17/h1-11,13,32H,12H2. The Bertz CT molecular complexity index is 1540. The quantitative estimate of drug-likeness (QED) is 0.346. The molecular formula is C24H15Cl3N4O2. The Morgan fingerprint density at radius 3 is 2.18 bits per heavy atom. The first-order valence-corrected chi connectivity index (χ1v) is 11.0. The number of aliphatic hydroxyl groups excluding tert-OH is 1. The minimum Gasteiger partial charge on any atom is -0.392 e. The second-order valence-corrected chi connectivity index (χ2v) is 8.57. The average Bonchev–Trinajstić information content (AvgIpc) is 3.24. The van der Waals surface area contributed by atoms with Crippen LogP contribution in [0, 0.1) is 0 Å². The summed E-state index contributed by atoms with van der Waals surface area (Å²) in [4.78, 5) is 23.0. The molecule has 0 saturated carbocycles. The van der Waals surface area contributed by atoms with Gasteiger partial charge in [0.1, 0.15) is 6.33 Å². The third-order valence-electron chi connectivity index (χ3n) is 5.23. The fourth-order valence-electron chi connectivity index (χ4n) is 3.61. The molecule has 0 aliphatic rings. The van der Waals surface area contributed by atoms with Gasteiger partial charge in [-0.25, -0.2) is 9.97 Å². The van der Waals surface area contributed by atoms with Crippen LogP contribution in [0.25, 0.3) is 33.9 Å². The molecule has 2 aromatic heterocycles. The van der Waals surface area contributed by atoms with Crippen LogP contribution in [0.15, 0.2) is 77.9 Å². The van der Waals surface area contributed by atoms with E-state index < -0.39 is 0 Å². The van der Waals surface area contributed by atoms with Gasteiger partial charge in [-0.1, -0.05) is 46.9 Å². The average molecular weight is 498 g/mol. The lowest BCUT2D eigenvalue weighted by Crippen LogP contribution is -2.23. The van der Waals surface area contributed by atoms with Gasteiger partial charge < -0.3 is 5.11 Å². The van der Waals surface area contributed by atoms with E-state index in [9.17, 15) is 9.90 Å². The molecule has 6 nitrogen and oxygen atoms in total. The van der Waals surface area contributed by atoms with Crippen LogP contribution in [0.1, 0.15) is 5.56 Å². The Hall–Kier alpha value is -3.16. The van der Waals surface area contributed by atoms with Crippen LogP contribution >= 0.6 is 34.8 Å². The summed E-state index contributed by atoms with van der Waals surface area (Å²) in [7, 11) is 0. The lowest BCUT2D eigenvalue weighted by Gasteiger charge is -2.14. The summed E-state index contributed by atoms with van der Waals surface area (Å²) in [6, 6.07) is 19.1. The summed E-state index contributed by atoms with van der Waals surface area (Å²) in [6.45, 7) is -0.0684. The van der Waals surface area contributed by atoms with Crippen LogP contribution in [0.4, 0.5) is 0 Å². The Kier molecular flexibility index (Phi) is 5.68. The molecule has 5 aromatic rings. The number of halogens is 3. The number of imidazole rings is 1. The molecule has 33 heavy (non-hydrogen) atoms. The number of aliphatic hydroxyl groups is 1. The molecule has 0 radical (unpaired) electrons. The van der Waals surface area contributed by atoms with Gasteiger partial charge in [-0.2, -0.15) is 0 Å². The fourth-order valence-corrected chi connectivity index (χ4v) is 4.23. The van der Waals surface area contributed by atoms with Crippen molar-refractivity contribution in [3.8, 4) is 22.8 Å². The fraction of sp³-hybridized carbons (Fsp3) is 0.0417. The van der Waals surface area contributed by atoms with Crippen molar-refractivity contribution in [1.29, 1.82) is 0 Å². The lowest BCUT2D eigenvalue weighted by molar-refractivity contribution is 0.282. The number of hydrogen-bond acceptors (Lipinski definition) is 4. The number of fused-ring (bicyclic) bond motifs is 1. The molecule has 9 heteroatoms. The molecule has 164 valence electrons. The topological polar surface area (TPSA) is 72.9 Å². The number of rotatable bonds is 4. The SMILES string of the molecule is O=c1c2c(ncn2-c2ccc(CO)cc2)nc(-c2ccc(Cl)cc2Cl)n1-c1ccc(Cl)cc1. The monoisotopic (exact) mass is 496 g/mol. The predicted octanol–water partition coefficient (Wildman–Crippen LogP) is 5.69. The zero-order chi connectivity index (χ0) is 23.1. The van der Waals surface area contributed by atoms with E-state index in [0.29, 0.717) is 43.3 Å². The second-order valence-electron chi connectivity index (χ2n) is 7.29. The smallest absolute Gasteiger partial charge is 0.285 e. The molecular weight excluding hydrogens is 483 g/mol. The summed E-state index contributed by atoms with van der Waals surface area (Å²) in [5, 5.41) is 10.7. The largest absolute Gasteiger partial charge is 0.392 e. The van der Waals surface area contributed by atoms with Gasteiger partial charge in [-0.15, -0.1) is 0 Å². The molecule has 5 rings (SSSR count). The van der Waals surface area contributed by atoms with Crippen molar-refractivity contribution in [2.24, 2.45) is 0 Å². The van der Waals surface area contributed by atoms with Gasteiger partial charge in [-0.3, -0.25) is 13.9 Å². The minimum absolute atomic E-state index is 0.0684. The van der Waals surface area contributed by atoms with E-state index in [1.807, 2.05) is 12.1 Å². The summed E-state index contributed by atoms with van der Waals surface area (Å²) in [5.41, 5.74) is 2.84. The molecule has 0 unspecified atom stereocenters. The number of hydrogen-bond donors (Lipinski definition) is 1. The molecule has 0 spiro atoms. The van der Waals surface area contributed by atoms with E-state index in [0.717, 1.165) is 5.56 Å². The van der Waals surface area contributed by atoms with Gasteiger partial charge in [0.25, 0.3) is 5.56 Å². The summed E-state index contributed by atoms with van der Waals surface area (Å²) < 4.78 is 3.15. The van der Waals surface area contributed by atoms with Crippen molar-refractivity contribution in [3.63, 3.8) is 0 Å². The first-order valence-electron chi connectivity index (χ1n) is 9.88. The van der Waals surface area contributed by atoms with E-state index in [-0.39, 0.29) is 17.8 Å². The van der Waals surface area contributed by atoms with E-state index in [1.165, 1.54) is 4.57 Å². The van der Waals surface area contributed by atoms with E-state index in [4.69, 9.17) is 39.8 Å². The Morgan fingerprint density at radius 2 is 1.52 bits per heavy atom. The van der Waals surface area contributed by atoms with Gasteiger partial charge in [-0.05, 0) is 60.2 Å².